The van der Waals surface area contributed by atoms with Crippen molar-refractivity contribution in [1.82, 2.24) is 9.97 Å². The summed E-state index contributed by atoms with van der Waals surface area (Å²) in [4.78, 5) is 24.5. The van der Waals surface area contributed by atoms with E-state index in [2.05, 4.69) is 21.5 Å². The van der Waals surface area contributed by atoms with Crippen LogP contribution in [0.3, 0.4) is 0 Å². The van der Waals surface area contributed by atoms with Crippen LogP contribution in [0.4, 0.5) is 0 Å². The molecule has 2 aromatic carbocycles. The largest absolute Gasteiger partial charge is 0.437 e. The maximum atomic E-state index is 12.8. The number of imidazole rings is 1. The Morgan fingerprint density at radius 2 is 2.06 bits per heavy atom. The van der Waals surface area contributed by atoms with Crippen molar-refractivity contribution in [1.29, 1.82) is 0 Å². The summed E-state index contributed by atoms with van der Waals surface area (Å²) in [6.45, 7) is 4.94. The first-order valence-corrected chi connectivity index (χ1v) is 10.2. The van der Waals surface area contributed by atoms with Crippen LogP contribution in [0.5, 0.6) is 5.75 Å². The Morgan fingerprint density at radius 1 is 1.26 bits per heavy atom. The maximum absolute atomic E-state index is 12.8. The number of nitrogens with zero attached hydrogens (tertiary/aromatic N) is 2. The van der Waals surface area contributed by atoms with E-state index in [1.54, 1.807) is 30.3 Å². The van der Waals surface area contributed by atoms with E-state index in [1.165, 1.54) is 6.21 Å². The number of hydrogen-bond donors (Lipinski definition) is 2. The number of ether oxygens (including phenoxy) is 2. The molecule has 0 amide bonds. The summed E-state index contributed by atoms with van der Waals surface area (Å²) in [6, 6.07) is 14.3. The van der Waals surface area contributed by atoms with Crippen molar-refractivity contribution < 1.29 is 14.3 Å². The summed E-state index contributed by atoms with van der Waals surface area (Å²) in [5.41, 5.74) is 8.95. The number of allylic oxidation sites excluding steroid dienone is 1. The zero-order chi connectivity index (χ0) is 21.6. The third-order valence-corrected chi connectivity index (χ3v) is 5.08. The van der Waals surface area contributed by atoms with Gasteiger partial charge in [-0.2, -0.15) is 0 Å². The van der Waals surface area contributed by atoms with E-state index >= 15 is 0 Å². The van der Waals surface area contributed by atoms with Crippen LogP contribution < -0.4 is 10.5 Å². The lowest BCUT2D eigenvalue weighted by Crippen LogP contribution is -2.25. The Morgan fingerprint density at radius 3 is 2.77 bits per heavy atom. The number of nitrogens with one attached hydrogen (secondary N) is 1. The van der Waals surface area contributed by atoms with E-state index in [-0.39, 0.29) is 11.7 Å². The molecule has 1 aliphatic heterocycles. The number of aromatic nitrogens is 2. The number of nitrogens with two attached hydrogens (primary N) is 1. The number of ketones is 1. The molecule has 0 radical (unpaired) electrons. The van der Waals surface area contributed by atoms with Gasteiger partial charge in [0.1, 0.15) is 5.75 Å². The average Bonchev–Trinajstić information content (AvgIpc) is 3.26. The van der Waals surface area contributed by atoms with Gasteiger partial charge in [-0.3, -0.25) is 4.79 Å². The molecule has 31 heavy (non-hydrogen) atoms. The predicted octanol–water partition coefficient (Wildman–Crippen LogP) is 3.98. The minimum atomic E-state index is -0.193. The van der Waals surface area contributed by atoms with E-state index in [0.29, 0.717) is 35.3 Å². The first kappa shape index (κ1) is 20.6. The molecule has 0 unspecified atom stereocenters. The highest BCUT2D eigenvalue weighted by Crippen LogP contribution is 2.24. The van der Waals surface area contributed by atoms with Gasteiger partial charge in [0.25, 0.3) is 0 Å². The number of aliphatic imine (C=N–C) groups is 1. The van der Waals surface area contributed by atoms with Crippen LogP contribution in [0.1, 0.15) is 29.0 Å². The maximum Gasteiger partial charge on any atom is 0.238 e. The molecule has 0 spiro atoms. The molecule has 7 heteroatoms. The number of carbonyl (C=O) groups is 1. The Kier molecular flexibility index (Phi) is 6.24. The van der Waals surface area contributed by atoms with Crippen LogP contribution >= 0.6 is 0 Å². The predicted molar refractivity (Wildman–Crippen MR) is 120 cm³/mol. The van der Waals surface area contributed by atoms with Crippen molar-refractivity contribution in [2.24, 2.45) is 16.6 Å². The minimum Gasteiger partial charge on any atom is -0.437 e. The van der Waals surface area contributed by atoms with Gasteiger partial charge in [0.15, 0.2) is 5.82 Å². The van der Waals surface area contributed by atoms with Crippen LogP contribution in [0.25, 0.3) is 11.0 Å². The monoisotopic (exact) mass is 416 g/mol. The van der Waals surface area contributed by atoms with Gasteiger partial charge in [-0.1, -0.05) is 24.8 Å². The summed E-state index contributed by atoms with van der Waals surface area (Å²) in [6.07, 6.45) is 4.96. The molecule has 0 bridgehead atoms. The summed E-state index contributed by atoms with van der Waals surface area (Å²) in [5.74, 6) is 0.998. The molecule has 1 atom stereocenters. The summed E-state index contributed by atoms with van der Waals surface area (Å²) in [5, 5.41) is 0. The number of aromatic amines is 1. The normalized spacial score (nSPS) is 17.5. The average molecular weight is 416 g/mol. The fraction of sp³-hybridized carbons (Fsp3) is 0.208. The van der Waals surface area contributed by atoms with Gasteiger partial charge in [-0.15, -0.1) is 0 Å². The molecule has 1 saturated heterocycles. The number of carbonyl (C=O) groups excluding carboxylic acids is 1. The third kappa shape index (κ3) is 4.73. The summed E-state index contributed by atoms with van der Waals surface area (Å²) < 4.78 is 11.5. The molecule has 1 fully saturated rings. The van der Waals surface area contributed by atoms with Gasteiger partial charge < -0.3 is 20.2 Å². The van der Waals surface area contributed by atoms with Gasteiger partial charge >= 0.3 is 0 Å². The first-order valence-electron chi connectivity index (χ1n) is 10.2. The van der Waals surface area contributed by atoms with Crippen LogP contribution in [0.2, 0.25) is 0 Å². The molecule has 3 N–H and O–H groups in total. The van der Waals surface area contributed by atoms with E-state index in [0.717, 1.165) is 30.5 Å². The van der Waals surface area contributed by atoms with E-state index in [9.17, 15) is 4.79 Å². The number of rotatable bonds is 7. The standard InChI is InChI=1S/C24H24N4O3/c1-2-13-26-24(21(25)17-6-5-14-30-15-17)31-18-11-9-16(10-12-18)22(29)23-27-19-7-3-4-8-20(19)28-23/h2-4,7-13,17H,1,5-6,14-15,25H2,(H,27,28)/b24-21+,26-13-/t17-/m1/s1. The quantitative estimate of drug-likeness (QED) is 0.344. The molecule has 1 aromatic heterocycles. The zero-order valence-corrected chi connectivity index (χ0v) is 17.1. The van der Waals surface area contributed by atoms with Crippen molar-refractivity contribution in [3.63, 3.8) is 0 Å². The SMILES string of the molecule is C=C/C=N\C(Oc1ccc(C(=O)c2nc3ccccc3[nH]2)cc1)=C(/N)[C@@H]1CCCOC1. The third-order valence-electron chi connectivity index (χ3n) is 5.08. The van der Waals surface area contributed by atoms with Gasteiger partial charge in [-0.25, -0.2) is 9.98 Å². The summed E-state index contributed by atoms with van der Waals surface area (Å²) >= 11 is 0. The van der Waals surface area contributed by atoms with Crippen molar-refractivity contribution in [2.45, 2.75) is 12.8 Å². The lowest BCUT2D eigenvalue weighted by Gasteiger charge is -2.23. The molecular weight excluding hydrogens is 392 g/mol. The second-order valence-electron chi connectivity index (χ2n) is 7.25. The molecule has 158 valence electrons. The van der Waals surface area contributed by atoms with Gasteiger partial charge in [0, 0.05) is 24.3 Å². The Hall–Kier alpha value is -3.71. The Balaban J connectivity index is 1.53. The molecule has 2 heterocycles. The zero-order valence-electron chi connectivity index (χ0n) is 17.1. The Bertz CT molecular complexity index is 1110. The lowest BCUT2D eigenvalue weighted by atomic mass is 9.99. The van der Waals surface area contributed by atoms with Crippen molar-refractivity contribution in [3.8, 4) is 5.75 Å². The number of fused-ring (bicyclic) bond motifs is 1. The lowest BCUT2D eigenvalue weighted by molar-refractivity contribution is 0.0654. The van der Waals surface area contributed by atoms with Crippen LogP contribution in [0.15, 0.2) is 77.8 Å². The molecule has 4 rings (SSSR count). The number of benzene rings is 2. The van der Waals surface area contributed by atoms with Gasteiger partial charge in [-0.05, 0) is 49.2 Å². The molecule has 1 aliphatic rings. The minimum absolute atomic E-state index is 0.0552. The van der Waals surface area contributed by atoms with Crippen molar-refractivity contribution in [2.75, 3.05) is 13.2 Å². The Labute approximate surface area is 180 Å². The highest BCUT2D eigenvalue weighted by atomic mass is 16.5. The van der Waals surface area contributed by atoms with Gasteiger partial charge in [0.2, 0.25) is 11.7 Å². The molecule has 7 nitrogen and oxygen atoms in total. The summed E-state index contributed by atoms with van der Waals surface area (Å²) in [7, 11) is 0. The first-order chi connectivity index (χ1) is 15.2. The number of para-hydroxylation sites is 2. The van der Waals surface area contributed by atoms with Crippen LogP contribution in [-0.2, 0) is 4.74 Å². The van der Waals surface area contributed by atoms with E-state index in [1.807, 2.05) is 24.3 Å². The van der Waals surface area contributed by atoms with E-state index < -0.39 is 0 Å². The highest BCUT2D eigenvalue weighted by molar-refractivity contribution is 6.08. The molecule has 0 aliphatic carbocycles. The highest BCUT2D eigenvalue weighted by Gasteiger charge is 2.21. The van der Waals surface area contributed by atoms with Crippen molar-refractivity contribution in [3.05, 3.63) is 84.2 Å². The molecule has 3 aromatic rings. The topological polar surface area (TPSA) is 103 Å². The van der Waals surface area contributed by atoms with E-state index in [4.69, 9.17) is 15.2 Å². The molecular formula is C24H24N4O3. The fourth-order valence-electron chi connectivity index (χ4n) is 3.42. The van der Waals surface area contributed by atoms with Crippen LogP contribution in [0, 0.1) is 5.92 Å². The van der Waals surface area contributed by atoms with Crippen molar-refractivity contribution >= 4 is 23.0 Å². The van der Waals surface area contributed by atoms with Gasteiger partial charge in [0.05, 0.1) is 23.3 Å². The number of H-pyrrole nitrogens is 1. The number of hydrogen-bond acceptors (Lipinski definition) is 6. The second-order valence-corrected chi connectivity index (χ2v) is 7.25. The second kappa shape index (κ2) is 9.40. The fourth-order valence-corrected chi connectivity index (χ4v) is 3.42. The smallest absolute Gasteiger partial charge is 0.238 e. The molecule has 0 saturated carbocycles. The van der Waals surface area contributed by atoms with Crippen LogP contribution in [-0.4, -0.2) is 35.2 Å².